The third-order valence-corrected chi connectivity index (χ3v) is 2.95. The summed E-state index contributed by atoms with van der Waals surface area (Å²) in [7, 11) is 0. The minimum Gasteiger partial charge on any atom is -0.461 e. The average Bonchev–Trinajstić information content (AvgIpc) is 2.90. The third kappa shape index (κ3) is 3.35. The van der Waals surface area contributed by atoms with Crippen molar-refractivity contribution in [3.63, 3.8) is 0 Å². The van der Waals surface area contributed by atoms with E-state index in [1.807, 2.05) is 0 Å². The number of ether oxygens (including phenoxy) is 1. The van der Waals surface area contributed by atoms with Crippen LogP contribution in [0.15, 0.2) is 29.9 Å². The molecule has 0 spiro atoms. The van der Waals surface area contributed by atoms with Crippen molar-refractivity contribution in [2.45, 2.75) is 6.92 Å². The summed E-state index contributed by atoms with van der Waals surface area (Å²) in [4.78, 5) is 31.1. The summed E-state index contributed by atoms with van der Waals surface area (Å²) in [6.07, 6.45) is 3.14. The number of hydrogen-bond donors (Lipinski definition) is 1. The van der Waals surface area contributed by atoms with Gasteiger partial charge in [-0.15, -0.1) is 11.3 Å². The molecule has 0 aromatic carbocycles. The monoisotopic (exact) mass is 277 g/mol. The minimum atomic E-state index is -0.518. The van der Waals surface area contributed by atoms with Crippen molar-refractivity contribution in [1.29, 1.82) is 0 Å². The van der Waals surface area contributed by atoms with Crippen LogP contribution in [0.1, 0.15) is 27.2 Å². The number of rotatable bonds is 4. The summed E-state index contributed by atoms with van der Waals surface area (Å²) in [6, 6.07) is 3.33. The highest BCUT2D eigenvalue weighted by Gasteiger charge is 2.16. The number of carbonyl (C=O) groups excluding carboxylic acids is 2. The Bertz CT molecular complexity index is 583. The second-order valence-corrected chi connectivity index (χ2v) is 4.31. The van der Waals surface area contributed by atoms with Gasteiger partial charge in [-0.05, 0) is 19.1 Å². The fraction of sp³-hybridized carbons (Fsp3) is 0.167. The molecule has 2 heterocycles. The van der Waals surface area contributed by atoms with Crippen LogP contribution in [0, 0.1) is 0 Å². The van der Waals surface area contributed by atoms with E-state index in [4.69, 9.17) is 4.74 Å². The molecule has 0 saturated carbocycles. The lowest BCUT2D eigenvalue weighted by Crippen LogP contribution is -2.13. The second-order valence-electron chi connectivity index (χ2n) is 3.45. The summed E-state index contributed by atoms with van der Waals surface area (Å²) in [6.45, 7) is 1.99. The average molecular weight is 277 g/mol. The highest BCUT2D eigenvalue weighted by Crippen LogP contribution is 2.13. The number of esters is 1. The largest absolute Gasteiger partial charge is 0.461 e. The van der Waals surface area contributed by atoms with Gasteiger partial charge in [0, 0.05) is 23.5 Å². The molecule has 19 heavy (non-hydrogen) atoms. The Hall–Kier alpha value is -2.28. The van der Waals surface area contributed by atoms with E-state index in [0.717, 1.165) is 11.3 Å². The maximum absolute atomic E-state index is 11.9. The Kier molecular flexibility index (Phi) is 4.19. The zero-order valence-electron chi connectivity index (χ0n) is 10.1. The van der Waals surface area contributed by atoms with Crippen molar-refractivity contribution in [3.8, 4) is 0 Å². The SMILES string of the molecule is CCOC(=O)c1nc(C(=O)Nc2ccncc2)cs1. The fourth-order valence-electron chi connectivity index (χ4n) is 1.29. The highest BCUT2D eigenvalue weighted by molar-refractivity contribution is 7.11. The minimum absolute atomic E-state index is 0.168. The van der Waals surface area contributed by atoms with Gasteiger partial charge in [-0.1, -0.05) is 0 Å². The van der Waals surface area contributed by atoms with Crippen LogP contribution in [0.4, 0.5) is 5.69 Å². The van der Waals surface area contributed by atoms with Crippen molar-refractivity contribution >= 4 is 28.9 Å². The van der Waals surface area contributed by atoms with Crippen LogP contribution in [-0.4, -0.2) is 28.5 Å². The van der Waals surface area contributed by atoms with Gasteiger partial charge in [-0.2, -0.15) is 0 Å². The normalized spacial score (nSPS) is 9.95. The number of nitrogens with zero attached hydrogens (tertiary/aromatic N) is 2. The van der Waals surface area contributed by atoms with E-state index < -0.39 is 5.97 Å². The predicted molar refractivity (Wildman–Crippen MR) is 70.3 cm³/mol. The van der Waals surface area contributed by atoms with Gasteiger partial charge in [0.15, 0.2) is 0 Å². The van der Waals surface area contributed by atoms with E-state index in [1.165, 1.54) is 5.38 Å². The molecule has 1 N–H and O–H groups in total. The molecule has 7 heteroatoms. The molecule has 2 aromatic heterocycles. The molecule has 6 nitrogen and oxygen atoms in total. The molecule has 1 amide bonds. The van der Waals surface area contributed by atoms with E-state index >= 15 is 0 Å². The first-order valence-corrected chi connectivity index (χ1v) is 6.42. The number of pyridine rings is 1. The van der Waals surface area contributed by atoms with Crippen LogP contribution in [-0.2, 0) is 4.74 Å². The number of nitrogens with one attached hydrogen (secondary N) is 1. The first-order valence-electron chi connectivity index (χ1n) is 5.54. The first kappa shape index (κ1) is 13.2. The van der Waals surface area contributed by atoms with Gasteiger partial charge in [0.05, 0.1) is 6.61 Å². The quantitative estimate of drug-likeness (QED) is 0.864. The molecular formula is C12H11N3O3S. The summed E-state index contributed by atoms with van der Waals surface area (Å²) < 4.78 is 4.81. The molecule has 0 saturated heterocycles. The molecule has 0 aliphatic rings. The van der Waals surface area contributed by atoms with Crippen LogP contribution < -0.4 is 5.32 Å². The Labute approximate surface area is 113 Å². The van der Waals surface area contributed by atoms with Crippen molar-refractivity contribution in [2.24, 2.45) is 0 Å². The molecule has 2 rings (SSSR count). The smallest absolute Gasteiger partial charge is 0.367 e. The lowest BCUT2D eigenvalue weighted by molar-refractivity contribution is 0.0526. The van der Waals surface area contributed by atoms with Gasteiger partial charge in [-0.3, -0.25) is 9.78 Å². The van der Waals surface area contributed by atoms with E-state index in [0.29, 0.717) is 5.69 Å². The van der Waals surface area contributed by atoms with E-state index in [9.17, 15) is 9.59 Å². The van der Waals surface area contributed by atoms with Crippen LogP contribution in [0.3, 0.4) is 0 Å². The lowest BCUT2D eigenvalue weighted by atomic mass is 10.4. The van der Waals surface area contributed by atoms with E-state index in [2.05, 4.69) is 15.3 Å². The topological polar surface area (TPSA) is 81.2 Å². The summed E-state index contributed by atoms with van der Waals surface area (Å²) >= 11 is 1.08. The molecule has 0 bridgehead atoms. The number of amides is 1. The Morgan fingerprint density at radius 2 is 2.11 bits per heavy atom. The van der Waals surface area contributed by atoms with Crippen molar-refractivity contribution < 1.29 is 14.3 Å². The molecule has 0 aliphatic carbocycles. The lowest BCUT2D eigenvalue weighted by Gasteiger charge is -2.01. The van der Waals surface area contributed by atoms with Gasteiger partial charge in [0.25, 0.3) is 5.91 Å². The standard InChI is InChI=1S/C12H11N3O3S/c1-2-18-12(17)11-15-9(7-19-11)10(16)14-8-3-5-13-6-4-8/h3-7H,2H2,1H3,(H,13,14,16). The maximum Gasteiger partial charge on any atom is 0.367 e. The van der Waals surface area contributed by atoms with E-state index in [1.54, 1.807) is 31.5 Å². The first-order chi connectivity index (χ1) is 9.20. The number of thiazole rings is 1. The van der Waals surface area contributed by atoms with Gasteiger partial charge in [0.2, 0.25) is 5.01 Å². The zero-order valence-corrected chi connectivity index (χ0v) is 10.9. The predicted octanol–water partition coefficient (Wildman–Crippen LogP) is 1.97. The Balaban J connectivity index is 2.06. The number of aromatic nitrogens is 2. The fourth-order valence-corrected chi connectivity index (χ4v) is 1.98. The van der Waals surface area contributed by atoms with Crippen LogP contribution >= 0.6 is 11.3 Å². The molecule has 0 radical (unpaired) electrons. The molecule has 2 aromatic rings. The molecule has 0 atom stereocenters. The van der Waals surface area contributed by atoms with Crippen molar-refractivity contribution in [1.82, 2.24) is 9.97 Å². The Morgan fingerprint density at radius 3 is 2.79 bits per heavy atom. The van der Waals surface area contributed by atoms with Crippen LogP contribution in [0.5, 0.6) is 0 Å². The van der Waals surface area contributed by atoms with Gasteiger partial charge >= 0.3 is 5.97 Å². The zero-order chi connectivity index (χ0) is 13.7. The summed E-state index contributed by atoms with van der Waals surface area (Å²) in [5.74, 6) is -0.895. The molecule has 0 fully saturated rings. The van der Waals surface area contributed by atoms with E-state index in [-0.39, 0.29) is 23.2 Å². The number of hydrogen-bond acceptors (Lipinski definition) is 6. The summed E-state index contributed by atoms with van der Waals surface area (Å²) in [5, 5.41) is 4.34. The number of carbonyl (C=O) groups is 2. The van der Waals surface area contributed by atoms with Crippen LogP contribution in [0.2, 0.25) is 0 Å². The highest BCUT2D eigenvalue weighted by atomic mass is 32.1. The van der Waals surface area contributed by atoms with Gasteiger partial charge in [0.1, 0.15) is 5.69 Å². The number of anilines is 1. The molecule has 0 aliphatic heterocycles. The Morgan fingerprint density at radius 1 is 1.37 bits per heavy atom. The summed E-state index contributed by atoms with van der Waals surface area (Å²) in [5.41, 5.74) is 0.801. The molecule has 0 unspecified atom stereocenters. The van der Waals surface area contributed by atoms with Crippen molar-refractivity contribution in [2.75, 3.05) is 11.9 Å². The van der Waals surface area contributed by atoms with Gasteiger partial charge < -0.3 is 10.1 Å². The molecule has 98 valence electrons. The van der Waals surface area contributed by atoms with Gasteiger partial charge in [-0.25, -0.2) is 9.78 Å². The van der Waals surface area contributed by atoms with Crippen LogP contribution in [0.25, 0.3) is 0 Å². The third-order valence-electron chi connectivity index (χ3n) is 2.13. The maximum atomic E-state index is 11.9. The molecular weight excluding hydrogens is 266 g/mol. The van der Waals surface area contributed by atoms with Crippen molar-refractivity contribution in [3.05, 3.63) is 40.6 Å². The second kappa shape index (κ2) is 6.05.